The zero-order valence-corrected chi connectivity index (χ0v) is 32.4. The van der Waals surface area contributed by atoms with Crippen LogP contribution in [0.4, 0.5) is 0 Å². The van der Waals surface area contributed by atoms with Gasteiger partial charge in [-0.25, -0.2) is 0 Å². The molecule has 10 aromatic rings. The number of nitrogens with zero attached hydrogens (tertiary/aromatic N) is 3. The number of hydrogen-bond acceptors (Lipinski definition) is 4. The molecule has 4 aromatic heterocycles. The Labute approximate surface area is 332 Å². The number of para-hydroxylation sites is 1. The molecule has 1 aliphatic carbocycles. The van der Waals surface area contributed by atoms with E-state index in [2.05, 4.69) is 140 Å². The predicted octanol–water partition coefficient (Wildman–Crippen LogP) is 12.2. The van der Waals surface area contributed by atoms with Crippen LogP contribution in [-0.2, 0) is 33.9 Å². The summed E-state index contributed by atoms with van der Waals surface area (Å²) in [4.78, 5) is 10.2. The molecule has 0 saturated heterocycles. The standard InChI is InChI=1S/C49H33N3O2.Pt/c1-29-16-18-36(22-30(29)2)52-45-15-9-8-14-39(45)41-20-21-46(51-49(41)52)53-37-26-42-40-19-17-32-12-6-7-13-38(32)47(40)54-48(42)43(27-37)44-25-34-23-33(24-35(34)28-50-44)31-10-4-3-5-11-31;/h3-17,19-22,25-26,28,33H,23-24H2,1-2H3;/q-2;+2. The average Bonchev–Trinajstić information content (AvgIpc) is 3.91. The van der Waals surface area contributed by atoms with Gasteiger partial charge in [-0.3, -0.25) is 0 Å². The number of ether oxygens (including phenoxy) is 1. The summed E-state index contributed by atoms with van der Waals surface area (Å²) in [5, 5.41) is 6.33. The minimum absolute atomic E-state index is 0. The fourth-order valence-corrected chi connectivity index (χ4v) is 8.38. The van der Waals surface area contributed by atoms with Crippen molar-refractivity contribution in [2.45, 2.75) is 32.6 Å². The summed E-state index contributed by atoms with van der Waals surface area (Å²) < 4.78 is 15.7. The maximum atomic E-state index is 6.79. The monoisotopic (exact) mass is 890 g/mol. The first-order valence-electron chi connectivity index (χ1n) is 18.5. The molecule has 1 aliphatic rings. The molecule has 0 amide bonds. The van der Waals surface area contributed by atoms with Crippen LogP contribution in [0.2, 0.25) is 0 Å². The van der Waals surface area contributed by atoms with Crippen molar-refractivity contribution in [3.05, 3.63) is 174 Å². The van der Waals surface area contributed by atoms with Gasteiger partial charge >= 0.3 is 21.1 Å². The van der Waals surface area contributed by atoms with E-state index in [1.54, 1.807) is 0 Å². The third-order valence-corrected chi connectivity index (χ3v) is 11.3. The number of benzene rings is 6. The summed E-state index contributed by atoms with van der Waals surface area (Å²) in [5.74, 6) is 1.46. The van der Waals surface area contributed by atoms with E-state index in [0.29, 0.717) is 17.5 Å². The summed E-state index contributed by atoms with van der Waals surface area (Å²) in [6, 6.07) is 51.4. The van der Waals surface area contributed by atoms with E-state index < -0.39 is 0 Å². The minimum Gasteiger partial charge on any atom is -0.500 e. The van der Waals surface area contributed by atoms with Gasteiger partial charge in [0, 0.05) is 39.6 Å². The van der Waals surface area contributed by atoms with Crippen molar-refractivity contribution in [3.8, 4) is 28.6 Å². The Bertz CT molecular complexity index is 3130. The number of aromatic nitrogens is 3. The molecule has 0 bridgehead atoms. The van der Waals surface area contributed by atoms with Crippen molar-refractivity contribution in [1.29, 1.82) is 0 Å². The molecule has 4 heterocycles. The molecule has 1 atom stereocenters. The first kappa shape index (κ1) is 33.5. The summed E-state index contributed by atoms with van der Waals surface area (Å²) in [7, 11) is 0. The number of fused-ring (bicyclic) bond motifs is 9. The molecule has 0 aliphatic heterocycles. The number of rotatable bonds is 5. The van der Waals surface area contributed by atoms with E-state index >= 15 is 0 Å². The Morgan fingerprint density at radius 1 is 0.709 bits per heavy atom. The summed E-state index contributed by atoms with van der Waals surface area (Å²) in [6.45, 7) is 4.24. The molecule has 266 valence electrons. The van der Waals surface area contributed by atoms with Crippen LogP contribution in [0.3, 0.4) is 0 Å². The summed E-state index contributed by atoms with van der Waals surface area (Å²) >= 11 is 0. The van der Waals surface area contributed by atoms with Crippen molar-refractivity contribution < 1.29 is 30.2 Å². The first-order valence-corrected chi connectivity index (χ1v) is 18.5. The van der Waals surface area contributed by atoms with Gasteiger partial charge in [0.2, 0.25) is 5.88 Å². The smallest absolute Gasteiger partial charge is 0.500 e. The third kappa shape index (κ3) is 5.48. The van der Waals surface area contributed by atoms with Crippen LogP contribution < -0.4 is 4.74 Å². The van der Waals surface area contributed by atoms with Crippen molar-refractivity contribution >= 4 is 54.6 Å². The molecule has 5 nitrogen and oxygen atoms in total. The Balaban J connectivity index is 0.00000372. The van der Waals surface area contributed by atoms with Gasteiger partial charge in [0.1, 0.15) is 11.2 Å². The number of furan rings is 1. The maximum absolute atomic E-state index is 6.79. The van der Waals surface area contributed by atoms with Gasteiger partial charge in [0.25, 0.3) is 0 Å². The van der Waals surface area contributed by atoms with Crippen LogP contribution in [0, 0.1) is 26.0 Å². The van der Waals surface area contributed by atoms with Crippen LogP contribution in [0.15, 0.2) is 138 Å². The van der Waals surface area contributed by atoms with Crippen molar-refractivity contribution in [2.24, 2.45) is 0 Å². The number of aryl methyl sites for hydroxylation is 2. The first-order chi connectivity index (χ1) is 26.6. The molecule has 6 heteroatoms. The number of hydrogen-bond donors (Lipinski definition) is 0. The molecular weight excluding hydrogens is 858 g/mol. The molecule has 0 N–H and O–H groups in total. The van der Waals surface area contributed by atoms with E-state index in [1.165, 1.54) is 27.8 Å². The zero-order valence-electron chi connectivity index (χ0n) is 30.2. The van der Waals surface area contributed by atoms with Crippen LogP contribution in [0.25, 0.3) is 71.6 Å². The Morgan fingerprint density at radius 2 is 1.49 bits per heavy atom. The van der Waals surface area contributed by atoms with E-state index in [4.69, 9.17) is 19.1 Å². The summed E-state index contributed by atoms with van der Waals surface area (Å²) in [5.41, 5.74) is 12.4. The zero-order chi connectivity index (χ0) is 35.9. The maximum Gasteiger partial charge on any atom is 2.00 e. The van der Waals surface area contributed by atoms with Crippen LogP contribution in [-0.4, -0.2) is 14.5 Å². The van der Waals surface area contributed by atoms with Crippen LogP contribution in [0.5, 0.6) is 11.6 Å². The van der Waals surface area contributed by atoms with Crippen LogP contribution in [0.1, 0.15) is 33.7 Å². The molecule has 6 aromatic carbocycles. The Kier molecular flexibility index (Phi) is 7.97. The molecule has 1 unspecified atom stereocenters. The topological polar surface area (TPSA) is 53.1 Å². The molecule has 0 fully saturated rings. The van der Waals surface area contributed by atoms with Gasteiger partial charge in [-0.05, 0) is 58.7 Å². The Morgan fingerprint density at radius 3 is 2.36 bits per heavy atom. The number of pyridine rings is 2. The molecule has 0 saturated carbocycles. The Hall–Kier alpha value is -6.03. The SMILES string of the molecule is Cc1c[c-]c(-n2c3ccccc3c3ccc(Oc4[c-]c(-c5cc6c(cn5)CC(c5ccccc5)C6)c5oc6c7ccccc7ccc6c5c4)nc32)cc1C.[Pt+2]. The van der Waals surface area contributed by atoms with Gasteiger partial charge in [0.05, 0.1) is 11.1 Å². The molecule has 0 spiro atoms. The van der Waals surface area contributed by atoms with Gasteiger partial charge in [-0.2, -0.15) is 28.2 Å². The largest absolute Gasteiger partial charge is 2.00 e. The van der Waals surface area contributed by atoms with Crippen molar-refractivity contribution in [1.82, 2.24) is 14.5 Å². The normalized spacial score (nSPS) is 13.9. The van der Waals surface area contributed by atoms with Gasteiger partial charge in [-0.1, -0.05) is 134 Å². The van der Waals surface area contributed by atoms with E-state index in [1.807, 2.05) is 24.4 Å². The van der Waals surface area contributed by atoms with E-state index in [9.17, 15) is 0 Å². The quantitative estimate of drug-likeness (QED) is 0.162. The molecule has 11 rings (SSSR count). The minimum atomic E-state index is 0. The van der Waals surface area contributed by atoms with Crippen molar-refractivity contribution in [3.63, 3.8) is 0 Å². The second-order valence-electron chi connectivity index (χ2n) is 14.5. The van der Waals surface area contributed by atoms with E-state index in [0.717, 1.165) is 84.4 Å². The predicted molar refractivity (Wildman–Crippen MR) is 217 cm³/mol. The fourth-order valence-electron chi connectivity index (χ4n) is 8.38. The summed E-state index contributed by atoms with van der Waals surface area (Å²) in [6.07, 6.45) is 3.99. The van der Waals surface area contributed by atoms with Gasteiger partial charge < -0.3 is 18.7 Å². The average molecular weight is 891 g/mol. The van der Waals surface area contributed by atoms with Crippen molar-refractivity contribution in [2.75, 3.05) is 0 Å². The van der Waals surface area contributed by atoms with E-state index in [-0.39, 0.29) is 21.1 Å². The molecule has 0 radical (unpaired) electrons. The van der Waals surface area contributed by atoms with Gasteiger partial charge in [0.15, 0.2) is 0 Å². The molecule has 55 heavy (non-hydrogen) atoms. The van der Waals surface area contributed by atoms with Gasteiger partial charge in [-0.15, -0.1) is 6.07 Å². The fraction of sp³-hybridized carbons (Fsp3) is 0.102. The molecular formula is C49H33N3O2Pt. The third-order valence-electron chi connectivity index (χ3n) is 11.3. The van der Waals surface area contributed by atoms with Crippen LogP contribution >= 0.6 is 0 Å². The second-order valence-corrected chi connectivity index (χ2v) is 14.5. The second kappa shape index (κ2) is 13.1.